The second-order valence-electron chi connectivity index (χ2n) is 4.88. The molecule has 0 aromatic carbocycles. The molecule has 5 heteroatoms. The summed E-state index contributed by atoms with van der Waals surface area (Å²) in [5.74, 6) is -0.589. The summed E-state index contributed by atoms with van der Waals surface area (Å²) in [5, 5.41) is 11.6. The lowest BCUT2D eigenvalue weighted by Gasteiger charge is -2.19. The van der Waals surface area contributed by atoms with E-state index in [-0.39, 0.29) is 12.5 Å². The van der Waals surface area contributed by atoms with Gasteiger partial charge in [0.25, 0.3) is 5.91 Å². The second-order valence-corrected chi connectivity index (χ2v) is 4.88. The summed E-state index contributed by atoms with van der Waals surface area (Å²) in [5.41, 5.74) is -0.498. The Bertz CT molecular complexity index is 434. The second kappa shape index (κ2) is 5.71. The summed E-state index contributed by atoms with van der Waals surface area (Å²) in [6.45, 7) is 5.21. The highest BCUT2D eigenvalue weighted by atomic mass is 16.4. The van der Waals surface area contributed by atoms with Gasteiger partial charge in [-0.25, -0.2) is 0 Å². The van der Waals surface area contributed by atoms with Crippen molar-refractivity contribution in [3.8, 4) is 0 Å². The van der Waals surface area contributed by atoms with Crippen LogP contribution in [0.5, 0.6) is 0 Å². The van der Waals surface area contributed by atoms with E-state index < -0.39 is 11.4 Å². The number of nitrogens with one attached hydrogen (secondary N) is 1. The average molecular weight is 253 g/mol. The van der Waals surface area contributed by atoms with Gasteiger partial charge in [0.05, 0.1) is 17.2 Å². The molecule has 1 aromatic heterocycles. The predicted octanol–water partition coefficient (Wildman–Crippen LogP) is 2.07. The van der Waals surface area contributed by atoms with E-state index in [1.54, 1.807) is 19.9 Å². The Morgan fingerprint density at radius 3 is 2.67 bits per heavy atom. The van der Waals surface area contributed by atoms with Crippen LogP contribution in [0.15, 0.2) is 16.7 Å². The zero-order chi connectivity index (χ0) is 13.8. The average Bonchev–Trinajstić information content (AvgIpc) is 2.74. The number of carbonyl (C=O) groups is 2. The van der Waals surface area contributed by atoms with Crippen LogP contribution in [0, 0.1) is 5.41 Å². The highest BCUT2D eigenvalue weighted by Crippen LogP contribution is 2.16. The molecule has 100 valence electrons. The van der Waals surface area contributed by atoms with Crippen molar-refractivity contribution in [2.24, 2.45) is 5.41 Å². The summed E-state index contributed by atoms with van der Waals surface area (Å²) < 4.78 is 5.23. The monoisotopic (exact) mass is 253 g/mol. The maximum absolute atomic E-state index is 11.9. The van der Waals surface area contributed by atoms with Gasteiger partial charge in [0.15, 0.2) is 0 Å². The number of carboxylic acid groups (broad SMARTS) is 1. The van der Waals surface area contributed by atoms with Crippen LogP contribution in [0.3, 0.4) is 0 Å². The fourth-order valence-corrected chi connectivity index (χ4v) is 1.44. The zero-order valence-corrected chi connectivity index (χ0v) is 10.9. The maximum Gasteiger partial charge on any atom is 0.310 e. The summed E-state index contributed by atoms with van der Waals surface area (Å²) in [6, 6.07) is 1.61. The standard InChI is InChI=1S/C13H19NO4/c1-4-5-10-9(6-7-18-10)11(15)14-8-13(2,3)12(16)17/h6-7H,4-5,8H2,1-3H3,(H,14,15)(H,16,17). The highest BCUT2D eigenvalue weighted by molar-refractivity contribution is 5.95. The molecular weight excluding hydrogens is 234 g/mol. The molecule has 0 saturated carbocycles. The minimum atomic E-state index is -0.982. The number of carboxylic acids is 1. The number of aryl methyl sites for hydroxylation is 1. The molecule has 2 N–H and O–H groups in total. The fraction of sp³-hybridized carbons (Fsp3) is 0.538. The molecule has 1 aromatic rings. The molecule has 0 saturated heterocycles. The first-order valence-electron chi connectivity index (χ1n) is 5.96. The van der Waals surface area contributed by atoms with Crippen LogP contribution in [-0.2, 0) is 11.2 Å². The number of hydrogen-bond donors (Lipinski definition) is 2. The van der Waals surface area contributed by atoms with Gasteiger partial charge in [0.1, 0.15) is 5.76 Å². The third kappa shape index (κ3) is 3.35. The first-order chi connectivity index (χ1) is 8.38. The molecule has 0 aliphatic rings. The Morgan fingerprint density at radius 2 is 2.11 bits per heavy atom. The molecule has 0 unspecified atom stereocenters. The van der Waals surface area contributed by atoms with E-state index in [4.69, 9.17) is 9.52 Å². The minimum Gasteiger partial charge on any atom is -0.481 e. The molecule has 0 fully saturated rings. The van der Waals surface area contributed by atoms with Gasteiger partial charge in [-0.05, 0) is 26.3 Å². The van der Waals surface area contributed by atoms with E-state index in [2.05, 4.69) is 5.32 Å². The number of rotatable bonds is 6. The lowest BCUT2D eigenvalue weighted by atomic mass is 9.94. The van der Waals surface area contributed by atoms with Crippen molar-refractivity contribution in [3.63, 3.8) is 0 Å². The lowest BCUT2D eigenvalue weighted by Crippen LogP contribution is -2.39. The summed E-state index contributed by atoms with van der Waals surface area (Å²) in [4.78, 5) is 22.8. The molecular formula is C13H19NO4. The smallest absolute Gasteiger partial charge is 0.310 e. The van der Waals surface area contributed by atoms with Gasteiger partial charge in [0.2, 0.25) is 0 Å². The molecule has 0 atom stereocenters. The molecule has 0 bridgehead atoms. The highest BCUT2D eigenvalue weighted by Gasteiger charge is 2.28. The van der Waals surface area contributed by atoms with Crippen molar-refractivity contribution in [3.05, 3.63) is 23.7 Å². The third-order valence-corrected chi connectivity index (χ3v) is 2.74. The Labute approximate surface area is 106 Å². The summed E-state index contributed by atoms with van der Waals surface area (Å²) in [6.07, 6.45) is 3.05. The van der Waals surface area contributed by atoms with Crippen molar-refractivity contribution in [2.75, 3.05) is 6.54 Å². The van der Waals surface area contributed by atoms with Crippen molar-refractivity contribution < 1.29 is 19.1 Å². The Kier molecular flexibility index (Phi) is 4.53. The Balaban J connectivity index is 2.66. The number of furan rings is 1. The fourth-order valence-electron chi connectivity index (χ4n) is 1.44. The first-order valence-corrected chi connectivity index (χ1v) is 5.96. The van der Waals surface area contributed by atoms with Crippen LogP contribution in [0.2, 0.25) is 0 Å². The summed E-state index contributed by atoms with van der Waals surface area (Å²) >= 11 is 0. The van der Waals surface area contributed by atoms with Crippen LogP contribution in [0.1, 0.15) is 43.3 Å². The van der Waals surface area contributed by atoms with E-state index in [1.165, 1.54) is 6.26 Å². The van der Waals surface area contributed by atoms with Crippen LogP contribution < -0.4 is 5.32 Å². The molecule has 1 rings (SSSR count). The van der Waals surface area contributed by atoms with Gasteiger partial charge in [-0.1, -0.05) is 6.92 Å². The molecule has 18 heavy (non-hydrogen) atoms. The summed E-state index contributed by atoms with van der Waals surface area (Å²) in [7, 11) is 0. The van der Waals surface area contributed by atoms with Crippen LogP contribution in [-0.4, -0.2) is 23.5 Å². The molecule has 0 spiro atoms. The first kappa shape index (κ1) is 14.3. The van der Waals surface area contributed by atoms with Gasteiger partial charge in [0, 0.05) is 13.0 Å². The van der Waals surface area contributed by atoms with E-state index in [0.717, 1.165) is 6.42 Å². The largest absolute Gasteiger partial charge is 0.481 e. The Morgan fingerprint density at radius 1 is 1.44 bits per heavy atom. The van der Waals surface area contributed by atoms with Crippen LogP contribution >= 0.6 is 0 Å². The lowest BCUT2D eigenvalue weighted by molar-refractivity contribution is -0.146. The van der Waals surface area contributed by atoms with Gasteiger partial charge in [-0.15, -0.1) is 0 Å². The van der Waals surface area contributed by atoms with Crippen molar-refractivity contribution in [2.45, 2.75) is 33.6 Å². The van der Waals surface area contributed by atoms with Gasteiger partial charge in [-0.2, -0.15) is 0 Å². The molecule has 5 nitrogen and oxygen atoms in total. The molecule has 1 heterocycles. The topological polar surface area (TPSA) is 79.5 Å². The van der Waals surface area contributed by atoms with Gasteiger partial charge < -0.3 is 14.8 Å². The van der Waals surface area contributed by atoms with Gasteiger partial charge in [-0.3, -0.25) is 9.59 Å². The minimum absolute atomic E-state index is 0.0813. The number of aliphatic carboxylic acids is 1. The predicted molar refractivity (Wildman–Crippen MR) is 66.5 cm³/mol. The maximum atomic E-state index is 11.9. The van der Waals surface area contributed by atoms with E-state index in [1.807, 2.05) is 6.92 Å². The Hall–Kier alpha value is -1.78. The van der Waals surface area contributed by atoms with Crippen molar-refractivity contribution >= 4 is 11.9 Å². The molecule has 0 aliphatic heterocycles. The quantitative estimate of drug-likeness (QED) is 0.813. The van der Waals surface area contributed by atoms with Crippen molar-refractivity contribution in [1.82, 2.24) is 5.32 Å². The van der Waals surface area contributed by atoms with Crippen LogP contribution in [0.4, 0.5) is 0 Å². The zero-order valence-electron chi connectivity index (χ0n) is 10.9. The third-order valence-electron chi connectivity index (χ3n) is 2.74. The van der Waals surface area contributed by atoms with E-state index in [0.29, 0.717) is 17.7 Å². The van der Waals surface area contributed by atoms with Crippen molar-refractivity contribution in [1.29, 1.82) is 0 Å². The SMILES string of the molecule is CCCc1occc1C(=O)NCC(C)(C)C(=O)O. The molecule has 1 amide bonds. The van der Waals surface area contributed by atoms with Gasteiger partial charge >= 0.3 is 5.97 Å². The number of hydrogen-bond acceptors (Lipinski definition) is 3. The molecule has 0 radical (unpaired) electrons. The van der Waals surface area contributed by atoms with Crippen LogP contribution in [0.25, 0.3) is 0 Å². The molecule has 0 aliphatic carbocycles. The van der Waals surface area contributed by atoms with E-state index in [9.17, 15) is 9.59 Å². The number of carbonyl (C=O) groups excluding carboxylic acids is 1. The van der Waals surface area contributed by atoms with E-state index >= 15 is 0 Å². The number of amides is 1. The normalized spacial score (nSPS) is 11.3.